The van der Waals surface area contributed by atoms with E-state index in [1.54, 1.807) is 6.20 Å². The minimum atomic E-state index is -2.63. The van der Waals surface area contributed by atoms with Crippen molar-refractivity contribution in [2.24, 2.45) is 0 Å². The number of carbonyl (C=O) groups is 1. The van der Waals surface area contributed by atoms with Crippen molar-refractivity contribution in [2.75, 3.05) is 25.5 Å². The summed E-state index contributed by atoms with van der Waals surface area (Å²) < 4.78 is 26.1. The topological polar surface area (TPSA) is 75.1 Å². The predicted octanol–water partition coefficient (Wildman–Crippen LogP) is 1.78. The third-order valence-corrected chi connectivity index (χ3v) is 3.31. The Morgan fingerprint density at radius 3 is 2.71 bits per heavy atom. The monoisotopic (exact) mass is 338 g/mol. The van der Waals surface area contributed by atoms with Gasteiger partial charge in [0, 0.05) is 52.2 Å². The molecular weight excluding hydrogens is 318 g/mol. The van der Waals surface area contributed by atoms with Crippen LogP contribution in [0.3, 0.4) is 0 Å². The molecule has 0 bridgehead atoms. The van der Waals surface area contributed by atoms with Crippen molar-refractivity contribution < 1.29 is 13.6 Å². The molecule has 0 aliphatic carbocycles. The first kappa shape index (κ1) is 17.6. The zero-order chi connectivity index (χ0) is 17.5. The fourth-order valence-electron chi connectivity index (χ4n) is 2.03. The van der Waals surface area contributed by atoms with Crippen LogP contribution < -0.4 is 15.5 Å². The van der Waals surface area contributed by atoms with Crippen LogP contribution in [0.25, 0.3) is 0 Å². The van der Waals surface area contributed by atoms with Crippen LogP contribution in [0.15, 0.2) is 30.7 Å². The van der Waals surface area contributed by atoms with Crippen molar-refractivity contribution in [3.63, 3.8) is 0 Å². The highest BCUT2D eigenvalue weighted by Gasteiger charge is 2.11. The standard InChI is InChI=1S/C15H20F2N6O/c1-22(2)12-4-3-11(9-20-12)10-21-15(24)19-6-5-13-18-7-8-23(13)14(16)17/h3-4,7-9,14H,5-6,10H2,1-2H3,(H2,19,21,24). The molecule has 2 aromatic rings. The summed E-state index contributed by atoms with van der Waals surface area (Å²) in [6.45, 7) is -2.08. The van der Waals surface area contributed by atoms with E-state index in [9.17, 15) is 13.6 Å². The third-order valence-electron chi connectivity index (χ3n) is 3.31. The summed E-state index contributed by atoms with van der Waals surface area (Å²) in [4.78, 5) is 21.7. The quantitative estimate of drug-likeness (QED) is 0.807. The summed E-state index contributed by atoms with van der Waals surface area (Å²) in [6, 6.07) is 3.36. The largest absolute Gasteiger partial charge is 0.363 e. The SMILES string of the molecule is CN(C)c1ccc(CNC(=O)NCCc2nccn2C(F)F)cn1. The first-order valence-electron chi connectivity index (χ1n) is 7.41. The maximum atomic E-state index is 12.6. The molecule has 2 heterocycles. The fourth-order valence-corrected chi connectivity index (χ4v) is 2.03. The number of aromatic nitrogens is 3. The van der Waals surface area contributed by atoms with Crippen molar-refractivity contribution >= 4 is 11.8 Å². The van der Waals surface area contributed by atoms with Crippen molar-refractivity contribution in [3.8, 4) is 0 Å². The summed E-state index contributed by atoms with van der Waals surface area (Å²) in [5.74, 6) is 1.06. The van der Waals surface area contributed by atoms with E-state index in [1.165, 1.54) is 12.4 Å². The highest BCUT2D eigenvalue weighted by molar-refractivity contribution is 5.73. The van der Waals surface area contributed by atoms with E-state index in [2.05, 4.69) is 20.6 Å². The Labute approximate surface area is 138 Å². The molecule has 0 saturated heterocycles. The number of anilines is 1. The van der Waals surface area contributed by atoms with E-state index >= 15 is 0 Å². The summed E-state index contributed by atoms with van der Waals surface area (Å²) in [5, 5.41) is 5.30. The molecule has 0 aromatic carbocycles. The number of urea groups is 1. The molecule has 0 saturated carbocycles. The van der Waals surface area contributed by atoms with Crippen molar-refractivity contribution in [3.05, 3.63) is 42.1 Å². The van der Waals surface area contributed by atoms with Crippen LogP contribution in [0.2, 0.25) is 0 Å². The van der Waals surface area contributed by atoms with E-state index < -0.39 is 6.55 Å². The van der Waals surface area contributed by atoms with Crippen molar-refractivity contribution in [2.45, 2.75) is 19.5 Å². The highest BCUT2D eigenvalue weighted by Crippen LogP contribution is 2.12. The first-order valence-corrected chi connectivity index (χ1v) is 7.41. The Morgan fingerprint density at radius 2 is 2.08 bits per heavy atom. The van der Waals surface area contributed by atoms with Gasteiger partial charge >= 0.3 is 12.6 Å². The lowest BCUT2D eigenvalue weighted by Gasteiger charge is -2.12. The molecule has 2 amide bonds. The maximum absolute atomic E-state index is 12.6. The van der Waals surface area contributed by atoms with Gasteiger partial charge in [-0.2, -0.15) is 8.78 Å². The zero-order valence-corrected chi connectivity index (χ0v) is 13.5. The number of hydrogen-bond acceptors (Lipinski definition) is 4. The molecule has 0 spiro atoms. The molecule has 2 aromatic heterocycles. The number of nitrogens with zero attached hydrogens (tertiary/aromatic N) is 4. The molecule has 7 nitrogen and oxygen atoms in total. The number of alkyl halides is 2. The molecular formula is C15H20F2N6O. The molecule has 0 aliphatic heterocycles. The third kappa shape index (κ3) is 4.90. The van der Waals surface area contributed by atoms with Gasteiger partial charge in [0.05, 0.1) is 0 Å². The summed E-state index contributed by atoms with van der Waals surface area (Å²) in [5.41, 5.74) is 0.865. The Hall–Kier alpha value is -2.71. The Kier molecular flexibility index (Phi) is 6.05. The molecule has 2 rings (SSSR count). The van der Waals surface area contributed by atoms with Crippen LogP contribution in [0.5, 0.6) is 0 Å². The minimum absolute atomic E-state index is 0.216. The van der Waals surface area contributed by atoms with E-state index in [-0.39, 0.29) is 24.8 Å². The van der Waals surface area contributed by atoms with E-state index in [1.807, 2.05) is 31.1 Å². The van der Waals surface area contributed by atoms with Crippen LogP contribution in [0.1, 0.15) is 17.9 Å². The average molecular weight is 338 g/mol. The Morgan fingerprint density at radius 1 is 1.29 bits per heavy atom. The van der Waals surface area contributed by atoms with Crippen molar-refractivity contribution in [1.82, 2.24) is 25.2 Å². The summed E-state index contributed by atoms with van der Waals surface area (Å²) in [6.07, 6.45) is 4.44. The number of nitrogens with one attached hydrogen (secondary N) is 2. The number of imidazole rings is 1. The van der Waals surface area contributed by atoms with Crippen molar-refractivity contribution in [1.29, 1.82) is 0 Å². The van der Waals surface area contributed by atoms with Gasteiger partial charge in [-0.15, -0.1) is 0 Å². The Bertz CT molecular complexity index is 656. The Balaban J connectivity index is 1.72. The molecule has 0 aliphatic rings. The number of rotatable bonds is 7. The molecule has 130 valence electrons. The summed E-state index contributed by atoms with van der Waals surface area (Å²) >= 11 is 0. The maximum Gasteiger partial charge on any atom is 0.319 e. The highest BCUT2D eigenvalue weighted by atomic mass is 19.3. The second-order valence-electron chi connectivity index (χ2n) is 5.31. The van der Waals surface area contributed by atoms with Gasteiger partial charge in [0.2, 0.25) is 0 Å². The van der Waals surface area contributed by atoms with E-state index in [4.69, 9.17) is 0 Å². The molecule has 0 fully saturated rings. The molecule has 2 N–H and O–H groups in total. The van der Waals surface area contributed by atoms with Gasteiger partial charge < -0.3 is 15.5 Å². The average Bonchev–Trinajstić information content (AvgIpc) is 3.02. The van der Waals surface area contributed by atoms with Crippen LogP contribution in [-0.2, 0) is 13.0 Å². The lowest BCUT2D eigenvalue weighted by molar-refractivity contribution is 0.0670. The smallest absolute Gasteiger partial charge is 0.319 e. The molecule has 24 heavy (non-hydrogen) atoms. The van der Waals surface area contributed by atoms with E-state index in [0.29, 0.717) is 6.54 Å². The molecule has 0 atom stereocenters. The fraction of sp³-hybridized carbons (Fsp3) is 0.400. The van der Waals surface area contributed by atoms with E-state index in [0.717, 1.165) is 15.9 Å². The number of pyridine rings is 1. The van der Waals surface area contributed by atoms with Gasteiger partial charge in [-0.05, 0) is 11.6 Å². The van der Waals surface area contributed by atoms with Crippen LogP contribution in [0, 0.1) is 0 Å². The van der Waals surface area contributed by atoms with Crippen LogP contribution in [-0.4, -0.2) is 41.2 Å². The normalized spacial score (nSPS) is 10.7. The zero-order valence-electron chi connectivity index (χ0n) is 13.5. The van der Waals surface area contributed by atoms with Gasteiger partial charge in [-0.3, -0.25) is 4.57 Å². The number of hydrogen-bond donors (Lipinski definition) is 2. The van der Waals surface area contributed by atoms with Gasteiger partial charge in [-0.1, -0.05) is 6.07 Å². The lowest BCUT2D eigenvalue weighted by Crippen LogP contribution is -2.36. The van der Waals surface area contributed by atoms with Gasteiger partial charge in [0.1, 0.15) is 11.6 Å². The van der Waals surface area contributed by atoms with Crippen LogP contribution >= 0.6 is 0 Å². The summed E-state index contributed by atoms with van der Waals surface area (Å²) in [7, 11) is 3.79. The van der Waals surface area contributed by atoms with Gasteiger partial charge in [-0.25, -0.2) is 14.8 Å². The second kappa shape index (κ2) is 8.23. The van der Waals surface area contributed by atoms with Gasteiger partial charge in [0.15, 0.2) is 0 Å². The number of halogens is 2. The van der Waals surface area contributed by atoms with Crippen LogP contribution in [0.4, 0.5) is 19.4 Å². The molecule has 0 radical (unpaired) electrons. The molecule has 9 heteroatoms. The second-order valence-corrected chi connectivity index (χ2v) is 5.31. The number of carbonyl (C=O) groups excluding carboxylic acids is 1. The first-order chi connectivity index (χ1) is 11.5. The van der Waals surface area contributed by atoms with Gasteiger partial charge in [0.25, 0.3) is 0 Å². The lowest BCUT2D eigenvalue weighted by atomic mass is 10.3. The molecule has 0 unspecified atom stereocenters. The minimum Gasteiger partial charge on any atom is -0.363 e. The number of amides is 2. The predicted molar refractivity (Wildman–Crippen MR) is 86.0 cm³/mol.